The Morgan fingerprint density at radius 2 is 2.17 bits per heavy atom. The average Bonchev–Trinajstić information content (AvgIpc) is 2.26. The molecule has 18 heavy (non-hydrogen) atoms. The first kappa shape index (κ1) is 14.2. The molecular formula is C11H11FN2O3S. The topological polar surface area (TPSA) is 80.5 Å². The highest BCUT2D eigenvalue weighted by molar-refractivity contribution is 7.89. The number of hydrogen-bond donors (Lipinski definition) is 1. The molecular weight excluding hydrogens is 259 g/mol. The summed E-state index contributed by atoms with van der Waals surface area (Å²) in [6.45, 7) is -0.0284. The van der Waals surface area contributed by atoms with Gasteiger partial charge in [0.15, 0.2) is 0 Å². The molecule has 0 radical (unpaired) electrons. The average molecular weight is 270 g/mol. The van der Waals surface area contributed by atoms with E-state index in [2.05, 4.69) is 5.92 Å². The summed E-state index contributed by atoms with van der Waals surface area (Å²) < 4.78 is 35.7. The van der Waals surface area contributed by atoms with Gasteiger partial charge >= 0.3 is 0 Å². The summed E-state index contributed by atoms with van der Waals surface area (Å²) in [6, 6.07) is 2.68. The molecule has 7 heteroatoms. The first-order chi connectivity index (χ1) is 8.27. The van der Waals surface area contributed by atoms with Crippen LogP contribution in [0.25, 0.3) is 0 Å². The van der Waals surface area contributed by atoms with Crippen LogP contribution >= 0.6 is 0 Å². The molecule has 0 aliphatic rings. The number of carbonyl (C=O) groups excluding carboxylic acids is 1. The van der Waals surface area contributed by atoms with Crippen LogP contribution in [0.4, 0.5) is 4.39 Å². The predicted molar refractivity (Wildman–Crippen MR) is 63.6 cm³/mol. The molecule has 5 nitrogen and oxygen atoms in total. The van der Waals surface area contributed by atoms with Gasteiger partial charge in [0, 0.05) is 7.05 Å². The second-order valence-corrected chi connectivity index (χ2v) is 5.08. The number of terminal acetylenes is 1. The molecule has 1 aromatic carbocycles. The van der Waals surface area contributed by atoms with Crippen LogP contribution in [0.1, 0.15) is 10.4 Å². The SMILES string of the molecule is C#CCN(C)C(=O)c1cc(F)ccc1S(N)(=O)=O. The van der Waals surface area contributed by atoms with E-state index < -0.39 is 26.6 Å². The lowest BCUT2D eigenvalue weighted by molar-refractivity contribution is 0.0808. The molecule has 1 amide bonds. The Balaban J connectivity index is 3.36. The summed E-state index contributed by atoms with van der Waals surface area (Å²) in [6.07, 6.45) is 5.04. The Morgan fingerprint density at radius 3 is 2.67 bits per heavy atom. The summed E-state index contributed by atoms with van der Waals surface area (Å²) in [5, 5.41) is 4.96. The van der Waals surface area contributed by atoms with E-state index >= 15 is 0 Å². The van der Waals surface area contributed by atoms with Crippen molar-refractivity contribution in [2.45, 2.75) is 4.90 Å². The van der Waals surface area contributed by atoms with Gasteiger partial charge in [0.25, 0.3) is 5.91 Å². The fourth-order valence-electron chi connectivity index (χ4n) is 1.33. The van der Waals surface area contributed by atoms with Crippen LogP contribution in [0.2, 0.25) is 0 Å². The maximum atomic E-state index is 13.1. The Kier molecular flexibility index (Phi) is 4.06. The minimum atomic E-state index is -4.11. The largest absolute Gasteiger partial charge is 0.331 e. The van der Waals surface area contributed by atoms with Crippen LogP contribution in [-0.2, 0) is 10.0 Å². The number of halogens is 1. The van der Waals surface area contributed by atoms with Gasteiger partial charge in [0.2, 0.25) is 10.0 Å². The number of primary sulfonamides is 1. The van der Waals surface area contributed by atoms with E-state index in [1.165, 1.54) is 7.05 Å². The van der Waals surface area contributed by atoms with Crippen molar-refractivity contribution in [3.8, 4) is 12.3 Å². The van der Waals surface area contributed by atoms with Gasteiger partial charge in [-0.05, 0) is 18.2 Å². The second kappa shape index (κ2) is 5.16. The molecule has 1 rings (SSSR count). The van der Waals surface area contributed by atoms with Gasteiger partial charge in [-0.1, -0.05) is 5.92 Å². The third kappa shape index (κ3) is 3.06. The molecule has 0 fully saturated rings. The van der Waals surface area contributed by atoms with Crippen molar-refractivity contribution in [2.75, 3.05) is 13.6 Å². The van der Waals surface area contributed by atoms with Crippen LogP contribution < -0.4 is 5.14 Å². The van der Waals surface area contributed by atoms with Crippen molar-refractivity contribution in [3.63, 3.8) is 0 Å². The van der Waals surface area contributed by atoms with Gasteiger partial charge in [-0.15, -0.1) is 6.42 Å². The van der Waals surface area contributed by atoms with Gasteiger partial charge in [-0.2, -0.15) is 0 Å². The van der Waals surface area contributed by atoms with Gasteiger partial charge < -0.3 is 4.90 Å². The van der Waals surface area contributed by atoms with E-state index in [0.29, 0.717) is 0 Å². The highest BCUT2D eigenvalue weighted by atomic mass is 32.2. The van der Waals surface area contributed by atoms with E-state index in [1.54, 1.807) is 0 Å². The number of carbonyl (C=O) groups is 1. The number of nitrogens with zero attached hydrogens (tertiary/aromatic N) is 1. The highest BCUT2D eigenvalue weighted by Crippen LogP contribution is 2.17. The van der Waals surface area contributed by atoms with E-state index in [-0.39, 0.29) is 12.1 Å². The standard InChI is InChI=1S/C11H11FN2O3S/c1-3-6-14(2)11(15)9-7-8(12)4-5-10(9)18(13,16)17/h1,4-5,7H,6H2,2H3,(H2,13,16,17). The van der Waals surface area contributed by atoms with Crippen LogP contribution in [-0.4, -0.2) is 32.8 Å². The number of sulfonamides is 1. The van der Waals surface area contributed by atoms with Crippen LogP contribution in [0.15, 0.2) is 23.1 Å². The first-order valence-corrected chi connectivity index (χ1v) is 6.33. The lowest BCUT2D eigenvalue weighted by atomic mass is 10.2. The van der Waals surface area contributed by atoms with Crippen LogP contribution in [0.5, 0.6) is 0 Å². The lowest BCUT2D eigenvalue weighted by Crippen LogP contribution is -2.29. The summed E-state index contributed by atoms with van der Waals surface area (Å²) in [7, 11) is -2.73. The molecule has 0 heterocycles. The number of rotatable bonds is 3. The van der Waals surface area contributed by atoms with E-state index in [9.17, 15) is 17.6 Å². The van der Waals surface area contributed by atoms with Crippen molar-refractivity contribution in [2.24, 2.45) is 5.14 Å². The van der Waals surface area contributed by atoms with Crippen LogP contribution in [0, 0.1) is 18.2 Å². The van der Waals surface area contributed by atoms with Gasteiger partial charge in [-0.25, -0.2) is 17.9 Å². The molecule has 0 saturated heterocycles. The third-order valence-corrected chi connectivity index (χ3v) is 3.12. The number of benzene rings is 1. The van der Waals surface area contributed by atoms with Gasteiger partial charge in [-0.3, -0.25) is 4.79 Å². The summed E-state index contributed by atoms with van der Waals surface area (Å²) >= 11 is 0. The molecule has 2 N–H and O–H groups in total. The minimum absolute atomic E-state index is 0.0284. The maximum Gasteiger partial charge on any atom is 0.255 e. The van der Waals surface area contributed by atoms with Crippen molar-refractivity contribution in [1.82, 2.24) is 4.90 Å². The zero-order valence-electron chi connectivity index (χ0n) is 9.55. The normalized spacial score (nSPS) is 10.8. The minimum Gasteiger partial charge on any atom is -0.331 e. The fourth-order valence-corrected chi connectivity index (χ4v) is 2.04. The summed E-state index contributed by atoms with van der Waals surface area (Å²) in [5.41, 5.74) is -0.338. The molecule has 0 aromatic heterocycles. The molecule has 0 spiro atoms. The smallest absolute Gasteiger partial charge is 0.255 e. The first-order valence-electron chi connectivity index (χ1n) is 4.78. The number of nitrogens with two attached hydrogens (primary N) is 1. The molecule has 0 bridgehead atoms. The quantitative estimate of drug-likeness (QED) is 0.795. The highest BCUT2D eigenvalue weighted by Gasteiger charge is 2.22. The summed E-state index contributed by atoms with van der Waals surface area (Å²) in [5.74, 6) is 0.774. The Bertz CT molecular complexity index is 620. The molecule has 0 saturated carbocycles. The molecule has 0 aliphatic carbocycles. The van der Waals surface area contributed by atoms with Crippen molar-refractivity contribution in [1.29, 1.82) is 0 Å². The van der Waals surface area contributed by atoms with E-state index in [0.717, 1.165) is 23.1 Å². The number of amides is 1. The zero-order chi connectivity index (χ0) is 13.9. The molecule has 1 aromatic rings. The Hall–Kier alpha value is -1.91. The van der Waals surface area contributed by atoms with Gasteiger partial charge in [0.05, 0.1) is 17.0 Å². The summed E-state index contributed by atoms with van der Waals surface area (Å²) in [4.78, 5) is 12.6. The zero-order valence-corrected chi connectivity index (χ0v) is 10.4. The van der Waals surface area contributed by atoms with Crippen molar-refractivity contribution in [3.05, 3.63) is 29.6 Å². The molecule has 0 unspecified atom stereocenters. The fraction of sp³-hybridized carbons (Fsp3) is 0.182. The number of hydrogen-bond acceptors (Lipinski definition) is 3. The van der Waals surface area contributed by atoms with Gasteiger partial charge in [0.1, 0.15) is 5.82 Å². The van der Waals surface area contributed by atoms with Crippen LogP contribution in [0.3, 0.4) is 0 Å². The van der Waals surface area contributed by atoms with E-state index in [1.807, 2.05) is 0 Å². The Morgan fingerprint density at radius 1 is 1.56 bits per heavy atom. The van der Waals surface area contributed by atoms with E-state index in [4.69, 9.17) is 11.6 Å². The molecule has 0 atom stereocenters. The van der Waals surface area contributed by atoms with Crippen molar-refractivity contribution >= 4 is 15.9 Å². The molecule has 96 valence electrons. The third-order valence-electron chi connectivity index (χ3n) is 2.15. The monoisotopic (exact) mass is 270 g/mol. The lowest BCUT2D eigenvalue weighted by Gasteiger charge is -2.15. The second-order valence-electron chi connectivity index (χ2n) is 3.55. The Labute approximate surface area is 104 Å². The molecule has 0 aliphatic heterocycles. The maximum absolute atomic E-state index is 13.1. The van der Waals surface area contributed by atoms with Crippen molar-refractivity contribution < 1.29 is 17.6 Å². The predicted octanol–water partition coefficient (Wildman–Crippen LogP) is 0.178.